The third-order valence-electron chi connectivity index (χ3n) is 4.78. The van der Waals surface area contributed by atoms with Crippen LogP contribution in [0.25, 0.3) is 5.69 Å². The van der Waals surface area contributed by atoms with Gasteiger partial charge in [-0.15, -0.1) is 11.3 Å². The first-order chi connectivity index (χ1) is 16.1. The minimum absolute atomic E-state index is 0.104. The number of nitrogens with one attached hydrogen (secondary N) is 2. The van der Waals surface area contributed by atoms with Gasteiger partial charge in [0.25, 0.3) is 5.91 Å². The fourth-order valence-corrected chi connectivity index (χ4v) is 4.72. The van der Waals surface area contributed by atoms with Crippen molar-refractivity contribution in [3.8, 4) is 5.69 Å². The van der Waals surface area contributed by atoms with E-state index in [1.54, 1.807) is 35.7 Å². The van der Waals surface area contributed by atoms with Crippen molar-refractivity contribution in [1.82, 2.24) is 20.2 Å². The van der Waals surface area contributed by atoms with Gasteiger partial charge >= 0.3 is 0 Å². The Labute approximate surface area is 205 Å². The van der Waals surface area contributed by atoms with E-state index < -0.39 is 0 Å². The van der Waals surface area contributed by atoms with Gasteiger partial charge in [0.2, 0.25) is 5.91 Å². The number of hydrogen-bond donors (Lipinski definition) is 2. The van der Waals surface area contributed by atoms with Gasteiger partial charge in [-0.05, 0) is 47.3 Å². The summed E-state index contributed by atoms with van der Waals surface area (Å²) in [6.07, 6.45) is 3.52. The molecule has 2 amide bonds. The summed E-state index contributed by atoms with van der Waals surface area (Å²) in [5, 5.41) is 9.11. The maximum atomic E-state index is 12.4. The highest BCUT2D eigenvalue weighted by atomic mass is 35.5. The molecule has 0 radical (unpaired) electrons. The lowest BCUT2D eigenvalue weighted by atomic mass is 10.2. The van der Waals surface area contributed by atoms with Gasteiger partial charge in [-0.1, -0.05) is 47.6 Å². The minimum atomic E-state index is -0.120. The molecule has 0 aliphatic heterocycles. The molecule has 2 N–H and O–H groups in total. The van der Waals surface area contributed by atoms with E-state index in [1.165, 1.54) is 11.8 Å². The number of halogens is 1. The molecule has 0 bridgehead atoms. The van der Waals surface area contributed by atoms with Crippen LogP contribution < -0.4 is 10.6 Å². The highest BCUT2D eigenvalue weighted by Crippen LogP contribution is 2.21. The standard InChI is InChI=1S/C24H21ClN4O2S2/c25-21-6-2-1-4-18(21)14-27-22(30)16-33-24-26-11-12-29(24)19-9-7-17(8-10-19)23(31)28-15-20-5-3-13-32-20/h1-13H,14-16H2,(H,27,30)(H,28,31). The number of rotatable bonds is 9. The van der Waals surface area contributed by atoms with Crippen molar-refractivity contribution in [2.24, 2.45) is 0 Å². The molecule has 0 aliphatic rings. The molecule has 33 heavy (non-hydrogen) atoms. The third kappa shape index (κ3) is 6.25. The number of carbonyl (C=O) groups is 2. The summed E-state index contributed by atoms with van der Waals surface area (Å²) in [6.45, 7) is 0.891. The van der Waals surface area contributed by atoms with E-state index in [-0.39, 0.29) is 17.6 Å². The number of nitrogens with zero attached hydrogens (tertiary/aromatic N) is 2. The summed E-state index contributed by atoms with van der Waals surface area (Å²) >= 11 is 9.08. The molecule has 2 aromatic heterocycles. The fraction of sp³-hybridized carbons (Fsp3) is 0.125. The molecule has 0 fully saturated rings. The SMILES string of the molecule is O=C(CSc1nccn1-c1ccc(C(=O)NCc2cccs2)cc1)NCc1ccccc1Cl. The average molecular weight is 497 g/mol. The van der Waals surface area contributed by atoms with Crippen molar-refractivity contribution in [1.29, 1.82) is 0 Å². The molecule has 4 aromatic rings. The molecular weight excluding hydrogens is 476 g/mol. The molecule has 4 rings (SSSR count). The predicted octanol–water partition coefficient (Wildman–Crippen LogP) is 4.93. The van der Waals surface area contributed by atoms with Gasteiger partial charge in [-0.3, -0.25) is 14.2 Å². The van der Waals surface area contributed by atoms with Gasteiger partial charge in [0.05, 0.1) is 12.3 Å². The molecule has 0 unspecified atom stereocenters. The van der Waals surface area contributed by atoms with E-state index in [0.717, 1.165) is 16.1 Å². The third-order valence-corrected chi connectivity index (χ3v) is 7.00. The second-order valence-electron chi connectivity index (χ2n) is 7.05. The highest BCUT2D eigenvalue weighted by molar-refractivity contribution is 7.99. The number of thioether (sulfide) groups is 1. The van der Waals surface area contributed by atoms with Crippen LogP contribution in [0.2, 0.25) is 5.02 Å². The minimum Gasteiger partial charge on any atom is -0.351 e. The second-order valence-corrected chi connectivity index (χ2v) is 9.43. The van der Waals surface area contributed by atoms with Gasteiger partial charge in [-0.2, -0.15) is 0 Å². The quantitative estimate of drug-likeness (QED) is 0.322. The Kier molecular flexibility index (Phi) is 7.83. The van der Waals surface area contributed by atoms with Crippen molar-refractivity contribution in [3.05, 3.63) is 99.5 Å². The summed E-state index contributed by atoms with van der Waals surface area (Å²) < 4.78 is 1.89. The summed E-state index contributed by atoms with van der Waals surface area (Å²) in [4.78, 5) is 30.1. The second kappa shape index (κ2) is 11.2. The number of aromatic nitrogens is 2. The summed E-state index contributed by atoms with van der Waals surface area (Å²) in [6, 6.07) is 18.7. The largest absolute Gasteiger partial charge is 0.351 e. The van der Waals surface area contributed by atoms with Crippen molar-refractivity contribution in [2.75, 3.05) is 5.75 Å². The zero-order chi connectivity index (χ0) is 23.0. The molecular formula is C24H21ClN4O2S2. The molecule has 9 heteroatoms. The predicted molar refractivity (Wildman–Crippen MR) is 133 cm³/mol. The Hall–Kier alpha value is -3.07. The van der Waals surface area contributed by atoms with Gasteiger partial charge in [-0.25, -0.2) is 4.98 Å². The fourth-order valence-electron chi connectivity index (χ4n) is 3.07. The van der Waals surface area contributed by atoms with Crippen LogP contribution in [0, 0.1) is 0 Å². The Morgan fingerprint density at radius 1 is 1.00 bits per heavy atom. The van der Waals surface area contributed by atoms with Crippen LogP contribution in [-0.2, 0) is 17.9 Å². The Bertz CT molecular complexity index is 1220. The molecule has 0 aliphatic carbocycles. The number of hydrogen-bond acceptors (Lipinski definition) is 5. The van der Waals surface area contributed by atoms with E-state index in [1.807, 2.05) is 58.6 Å². The van der Waals surface area contributed by atoms with Gasteiger partial charge in [0, 0.05) is 40.1 Å². The molecule has 0 saturated heterocycles. The van der Waals surface area contributed by atoms with E-state index in [9.17, 15) is 9.59 Å². The Morgan fingerprint density at radius 3 is 2.58 bits per heavy atom. The molecule has 2 heterocycles. The maximum absolute atomic E-state index is 12.4. The van der Waals surface area contributed by atoms with Crippen LogP contribution in [0.15, 0.2) is 83.6 Å². The summed E-state index contributed by atoms with van der Waals surface area (Å²) in [7, 11) is 0. The molecule has 6 nitrogen and oxygen atoms in total. The Balaban J connectivity index is 1.31. The van der Waals surface area contributed by atoms with Crippen LogP contribution in [0.1, 0.15) is 20.8 Å². The van der Waals surface area contributed by atoms with Crippen LogP contribution in [-0.4, -0.2) is 27.1 Å². The smallest absolute Gasteiger partial charge is 0.251 e. The first kappa shape index (κ1) is 23.1. The van der Waals surface area contributed by atoms with E-state index in [0.29, 0.717) is 28.8 Å². The van der Waals surface area contributed by atoms with E-state index in [2.05, 4.69) is 15.6 Å². The highest BCUT2D eigenvalue weighted by Gasteiger charge is 2.11. The number of thiophene rings is 1. The number of imidazole rings is 1. The molecule has 168 valence electrons. The van der Waals surface area contributed by atoms with E-state index in [4.69, 9.17) is 11.6 Å². The number of benzene rings is 2. The molecule has 0 spiro atoms. The summed E-state index contributed by atoms with van der Waals surface area (Å²) in [5.74, 6) is 0.00242. The zero-order valence-corrected chi connectivity index (χ0v) is 19.9. The monoisotopic (exact) mass is 496 g/mol. The van der Waals surface area contributed by atoms with Crippen molar-refractivity contribution in [2.45, 2.75) is 18.2 Å². The maximum Gasteiger partial charge on any atom is 0.251 e. The van der Waals surface area contributed by atoms with Gasteiger partial charge < -0.3 is 10.6 Å². The Morgan fingerprint density at radius 2 is 1.82 bits per heavy atom. The van der Waals surface area contributed by atoms with Crippen LogP contribution in [0.4, 0.5) is 0 Å². The first-order valence-corrected chi connectivity index (χ1v) is 12.4. The average Bonchev–Trinajstić information content (AvgIpc) is 3.53. The van der Waals surface area contributed by atoms with Crippen LogP contribution in [0.5, 0.6) is 0 Å². The van der Waals surface area contributed by atoms with Crippen LogP contribution in [0.3, 0.4) is 0 Å². The lowest BCUT2D eigenvalue weighted by Gasteiger charge is -2.10. The number of amides is 2. The zero-order valence-electron chi connectivity index (χ0n) is 17.5. The normalized spacial score (nSPS) is 10.7. The molecule has 0 saturated carbocycles. The van der Waals surface area contributed by atoms with Gasteiger partial charge in [0.1, 0.15) is 0 Å². The molecule has 2 aromatic carbocycles. The molecule has 0 atom stereocenters. The first-order valence-electron chi connectivity index (χ1n) is 10.2. The lowest BCUT2D eigenvalue weighted by Crippen LogP contribution is -2.24. The van der Waals surface area contributed by atoms with Crippen molar-refractivity contribution in [3.63, 3.8) is 0 Å². The van der Waals surface area contributed by atoms with Crippen molar-refractivity contribution < 1.29 is 9.59 Å². The van der Waals surface area contributed by atoms with Gasteiger partial charge in [0.15, 0.2) is 5.16 Å². The van der Waals surface area contributed by atoms with Crippen LogP contribution >= 0.6 is 34.7 Å². The lowest BCUT2D eigenvalue weighted by molar-refractivity contribution is -0.118. The number of carbonyl (C=O) groups excluding carboxylic acids is 2. The summed E-state index contributed by atoms with van der Waals surface area (Å²) in [5.41, 5.74) is 2.32. The van der Waals surface area contributed by atoms with E-state index >= 15 is 0 Å². The topological polar surface area (TPSA) is 76.0 Å². The van der Waals surface area contributed by atoms with Crippen molar-refractivity contribution >= 4 is 46.5 Å².